The summed E-state index contributed by atoms with van der Waals surface area (Å²) in [5.41, 5.74) is -0.772. The molecule has 1 aliphatic heterocycles. The standard InChI is InChI=1S/C14H19BrF3N3O2/c1-7(10-5-4-6-23-10)19-13(22)9(3)21-8(2)11(15)12(20-21)14(16,17)18/h7,9-10H,4-6H2,1-3H3,(H,19,22)/t7-,9+,10+/m1/s1. The van der Waals surface area contributed by atoms with Gasteiger partial charge in [-0.2, -0.15) is 18.3 Å². The largest absolute Gasteiger partial charge is 0.436 e. The number of nitrogens with zero attached hydrogens (tertiary/aromatic N) is 2. The van der Waals surface area contributed by atoms with Crippen molar-refractivity contribution in [2.45, 2.75) is 58.0 Å². The minimum absolute atomic E-state index is 0.0534. The predicted octanol–water partition coefficient (Wildman–Crippen LogP) is 3.22. The first-order valence-electron chi connectivity index (χ1n) is 7.36. The topological polar surface area (TPSA) is 56.2 Å². The molecule has 0 saturated carbocycles. The number of ether oxygens (including phenoxy) is 1. The van der Waals surface area contributed by atoms with Gasteiger partial charge in [0.2, 0.25) is 5.91 Å². The van der Waals surface area contributed by atoms with Gasteiger partial charge in [-0.05, 0) is 49.5 Å². The summed E-state index contributed by atoms with van der Waals surface area (Å²) in [6, 6.07) is -1.06. The molecule has 0 unspecified atom stereocenters. The van der Waals surface area contributed by atoms with Crippen LogP contribution in [0.4, 0.5) is 13.2 Å². The highest BCUT2D eigenvalue weighted by Gasteiger charge is 2.39. The van der Waals surface area contributed by atoms with Gasteiger partial charge < -0.3 is 10.1 Å². The van der Waals surface area contributed by atoms with Crippen molar-refractivity contribution in [1.82, 2.24) is 15.1 Å². The number of carbonyl (C=O) groups excluding carboxylic acids is 1. The van der Waals surface area contributed by atoms with Gasteiger partial charge in [0.25, 0.3) is 0 Å². The van der Waals surface area contributed by atoms with E-state index in [0.717, 1.165) is 17.5 Å². The van der Waals surface area contributed by atoms with Gasteiger partial charge in [0.1, 0.15) is 6.04 Å². The minimum atomic E-state index is -4.57. The molecule has 5 nitrogen and oxygen atoms in total. The van der Waals surface area contributed by atoms with Crippen molar-refractivity contribution in [2.75, 3.05) is 6.61 Å². The third kappa shape index (κ3) is 3.88. The Morgan fingerprint density at radius 1 is 1.48 bits per heavy atom. The number of amides is 1. The number of nitrogens with one attached hydrogen (secondary N) is 1. The highest BCUT2D eigenvalue weighted by molar-refractivity contribution is 9.10. The second-order valence-electron chi connectivity index (χ2n) is 5.72. The molecule has 1 aromatic rings. The zero-order valence-electron chi connectivity index (χ0n) is 13.1. The quantitative estimate of drug-likeness (QED) is 0.848. The Morgan fingerprint density at radius 3 is 2.61 bits per heavy atom. The second kappa shape index (κ2) is 6.80. The number of rotatable bonds is 4. The lowest BCUT2D eigenvalue weighted by atomic mass is 10.1. The van der Waals surface area contributed by atoms with Gasteiger partial charge in [0.05, 0.1) is 22.3 Å². The molecule has 130 valence electrons. The zero-order chi connectivity index (χ0) is 17.4. The Bertz CT molecular complexity index is 583. The molecule has 0 radical (unpaired) electrons. The van der Waals surface area contributed by atoms with Crippen LogP contribution in [0.1, 0.15) is 44.1 Å². The van der Waals surface area contributed by atoms with Crippen LogP contribution in [-0.2, 0) is 15.7 Å². The SMILES string of the molecule is Cc1c(Br)c(C(F)(F)F)nn1[C@@H](C)C(=O)N[C@H](C)[C@@H]1CCCO1. The molecule has 2 heterocycles. The van der Waals surface area contributed by atoms with Crippen molar-refractivity contribution in [1.29, 1.82) is 0 Å². The highest BCUT2D eigenvalue weighted by atomic mass is 79.9. The normalized spacial score (nSPS) is 21.3. The molecule has 0 spiro atoms. The molecule has 1 amide bonds. The molecular formula is C14H19BrF3N3O2. The number of alkyl halides is 3. The molecule has 23 heavy (non-hydrogen) atoms. The van der Waals surface area contributed by atoms with Crippen LogP contribution >= 0.6 is 15.9 Å². The smallest absolute Gasteiger partial charge is 0.376 e. The van der Waals surface area contributed by atoms with Gasteiger partial charge in [-0.1, -0.05) is 0 Å². The number of halogens is 4. The maximum Gasteiger partial charge on any atom is 0.436 e. The lowest BCUT2D eigenvalue weighted by Crippen LogP contribution is -2.43. The number of aromatic nitrogens is 2. The lowest BCUT2D eigenvalue weighted by Gasteiger charge is -2.22. The van der Waals surface area contributed by atoms with Crippen LogP contribution in [0, 0.1) is 6.92 Å². The molecule has 3 atom stereocenters. The summed E-state index contributed by atoms with van der Waals surface area (Å²) in [4.78, 5) is 12.3. The third-order valence-electron chi connectivity index (χ3n) is 3.98. The van der Waals surface area contributed by atoms with E-state index in [1.54, 1.807) is 0 Å². The van der Waals surface area contributed by atoms with Crippen LogP contribution in [0.2, 0.25) is 0 Å². The van der Waals surface area contributed by atoms with E-state index >= 15 is 0 Å². The minimum Gasteiger partial charge on any atom is -0.376 e. The molecular weight excluding hydrogens is 379 g/mol. The van der Waals surface area contributed by atoms with Gasteiger partial charge in [-0.3, -0.25) is 9.48 Å². The van der Waals surface area contributed by atoms with Crippen molar-refractivity contribution in [2.24, 2.45) is 0 Å². The van der Waals surface area contributed by atoms with Crippen molar-refractivity contribution in [3.8, 4) is 0 Å². The fourth-order valence-electron chi connectivity index (χ4n) is 2.60. The van der Waals surface area contributed by atoms with E-state index in [1.807, 2.05) is 6.92 Å². The van der Waals surface area contributed by atoms with Crippen LogP contribution in [0.5, 0.6) is 0 Å². The summed E-state index contributed by atoms with van der Waals surface area (Å²) in [6.45, 7) is 5.50. The Kier molecular flexibility index (Phi) is 5.40. The molecule has 0 bridgehead atoms. The van der Waals surface area contributed by atoms with Gasteiger partial charge in [-0.25, -0.2) is 0 Å². The first kappa shape index (κ1) is 18.3. The van der Waals surface area contributed by atoms with Crippen molar-refractivity contribution in [3.05, 3.63) is 15.9 Å². The van der Waals surface area contributed by atoms with E-state index in [1.165, 1.54) is 13.8 Å². The molecule has 1 aliphatic rings. The number of hydrogen-bond donors (Lipinski definition) is 1. The van der Waals surface area contributed by atoms with Crippen LogP contribution < -0.4 is 5.32 Å². The van der Waals surface area contributed by atoms with E-state index in [4.69, 9.17) is 4.74 Å². The van der Waals surface area contributed by atoms with E-state index in [0.29, 0.717) is 6.61 Å². The Hall–Kier alpha value is -1.09. The first-order valence-corrected chi connectivity index (χ1v) is 8.16. The summed E-state index contributed by atoms with van der Waals surface area (Å²) >= 11 is 2.90. The molecule has 0 aliphatic carbocycles. The van der Waals surface area contributed by atoms with Crippen LogP contribution in [0.3, 0.4) is 0 Å². The summed E-state index contributed by atoms with van der Waals surface area (Å²) < 4.78 is 45.1. The van der Waals surface area contributed by atoms with Gasteiger partial charge >= 0.3 is 6.18 Å². The number of carbonyl (C=O) groups is 1. The van der Waals surface area contributed by atoms with Crippen LogP contribution in [0.15, 0.2) is 4.47 Å². The summed E-state index contributed by atoms with van der Waals surface area (Å²) in [7, 11) is 0. The van der Waals surface area contributed by atoms with E-state index in [9.17, 15) is 18.0 Å². The predicted molar refractivity (Wildman–Crippen MR) is 81.0 cm³/mol. The fourth-order valence-corrected chi connectivity index (χ4v) is 3.09. The Balaban J connectivity index is 2.13. The summed E-state index contributed by atoms with van der Waals surface area (Å²) in [6.07, 6.45) is -2.82. The zero-order valence-corrected chi connectivity index (χ0v) is 14.7. The molecule has 1 fully saturated rings. The molecule has 9 heteroatoms. The Morgan fingerprint density at radius 2 is 2.13 bits per heavy atom. The van der Waals surface area contributed by atoms with Crippen molar-refractivity contribution in [3.63, 3.8) is 0 Å². The van der Waals surface area contributed by atoms with Crippen LogP contribution in [-0.4, -0.2) is 34.4 Å². The fraction of sp³-hybridized carbons (Fsp3) is 0.714. The average Bonchev–Trinajstić information content (AvgIpc) is 3.07. The van der Waals surface area contributed by atoms with Gasteiger partial charge in [0, 0.05) is 6.61 Å². The monoisotopic (exact) mass is 397 g/mol. The highest BCUT2D eigenvalue weighted by Crippen LogP contribution is 2.36. The maximum atomic E-state index is 12.9. The van der Waals surface area contributed by atoms with E-state index in [-0.39, 0.29) is 28.2 Å². The third-order valence-corrected chi connectivity index (χ3v) is 4.93. The van der Waals surface area contributed by atoms with E-state index in [2.05, 4.69) is 26.3 Å². The van der Waals surface area contributed by atoms with Crippen molar-refractivity contribution >= 4 is 21.8 Å². The Labute approximate surface area is 140 Å². The molecule has 1 N–H and O–H groups in total. The van der Waals surface area contributed by atoms with Gasteiger partial charge in [0.15, 0.2) is 5.69 Å². The second-order valence-corrected chi connectivity index (χ2v) is 6.51. The maximum absolute atomic E-state index is 12.9. The summed E-state index contributed by atoms with van der Waals surface area (Å²) in [5.74, 6) is -0.389. The lowest BCUT2D eigenvalue weighted by molar-refractivity contribution is -0.142. The molecule has 0 aromatic carbocycles. The van der Waals surface area contributed by atoms with Crippen LogP contribution in [0.25, 0.3) is 0 Å². The van der Waals surface area contributed by atoms with E-state index < -0.39 is 17.9 Å². The summed E-state index contributed by atoms with van der Waals surface area (Å²) in [5, 5.41) is 6.35. The first-order chi connectivity index (χ1) is 10.6. The average molecular weight is 398 g/mol. The number of hydrogen-bond acceptors (Lipinski definition) is 3. The molecule has 1 aromatic heterocycles. The van der Waals surface area contributed by atoms with Crippen molar-refractivity contribution < 1.29 is 22.7 Å². The molecule has 1 saturated heterocycles. The molecule has 2 rings (SSSR count). The van der Waals surface area contributed by atoms with Gasteiger partial charge in [-0.15, -0.1) is 0 Å².